The van der Waals surface area contributed by atoms with Gasteiger partial charge >= 0.3 is 6.18 Å². The lowest BCUT2D eigenvalue weighted by Gasteiger charge is -2.19. The minimum Gasteiger partial charge on any atom is -0.494 e. The van der Waals surface area contributed by atoms with Gasteiger partial charge in [-0.25, -0.2) is 18.1 Å². The summed E-state index contributed by atoms with van der Waals surface area (Å²) in [6, 6.07) is 6.58. The molecule has 0 aliphatic carbocycles. The maximum Gasteiger partial charge on any atom is 0.417 e. The summed E-state index contributed by atoms with van der Waals surface area (Å²) >= 11 is 0. The molecule has 0 bridgehead atoms. The number of pyridine rings is 1. The minimum absolute atomic E-state index is 0.143. The highest BCUT2D eigenvalue weighted by Gasteiger charge is 2.32. The summed E-state index contributed by atoms with van der Waals surface area (Å²) < 4.78 is 71.5. The van der Waals surface area contributed by atoms with Crippen LogP contribution in [0.2, 0.25) is 0 Å². The second-order valence-electron chi connectivity index (χ2n) is 6.82. The van der Waals surface area contributed by atoms with E-state index in [-0.39, 0.29) is 10.9 Å². The van der Waals surface area contributed by atoms with Crippen molar-refractivity contribution in [1.29, 1.82) is 0 Å². The zero-order valence-electron chi connectivity index (χ0n) is 16.0. The lowest BCUT2D eigenvalue weighted by Crippen LogP contribution is -2.37. The van der Waals surface area contributed by atoms with Crippen LogP contribution in [0.25, 0.3) is 0 Å². The van der Waals surface area contributed by atoms with Crippen molar-refractivity contribution in [2.75, 3.05) is 24.6 Å². The molecular formula is C19H22F3N3O3S. The van der Waals surface area contributed by atoms with E-state index < -0.39 is 21.8 Å². The first-order valence-corrected chi connectivity index (χ1v) is 10.6. The van der Waals surface area contributed by atoms with Crippen LogP contribution in [0.1, 0.15) is 24.5 Å². The first kappa shape index (κ1) is 21.4. The lowest BCUT2D eigenvalue weighted by atomic mass is 10.2. The third-order valence-corrected chi connectivity index (χ3v) is 6.18. The van der Waals surface area contributed by atoms with E-state index in [1.165, 1.54) is 12.1 Å². The number of benzene rings is 1. The second-order valence-corrected chi connectivity index (χ2v) is 8.53. The van der Waals surface area contributed by atoms with E-state index >= 15 is 0 Å². The fraction of sp³-hybridized carbons (Fsp3) is 0.421. The molecule has 2 aromatic rings. The van der Waals surface area contributed by atoms with Crippen LogP contribution in [0.3, 0.4) is 0 Å². The highest BCUT2D eigenvalue weighted by Crippen LogP contribution is 2.30. The number of rotatable bonds is 6. The standard InChI is InChI=1S/C19H22F3N3O3S/c1-3-28-17-6-5-16(10-13(17)2)29(26,27)24-15-8-9-25(12-15)18-7-4-14(11-23-18)19(20,21)22/h4-7,10-11,15,24H,3,8-9,12H2,1-2H3. The van der Waals surface area contributed by atoms with Crippen LogP contribution >= 0.6 is 0 Å². The number of sulfonamides is 1. The van der Waals surface area contributed by atoms with Gasteiger partial charge in [0, 0.05) is 25.3 Å². The number of ether oxygens (including phenoxy) is 1. The van der Waals surface area contributed by atoms with Crippen molar-refractivity contribution in [2.45, 2.75) is 37.4 Å². The van der Waals surface area contributed by atoms with Crippen molar-refractivity contribution in [1.82, 2.24) is 9.71 Å². The number of nitrogens with zero attached hydrogens (tertiary/aromatic N) is 2. The number of nitrogens with one attached hydrogen (secondary N) is 1. The molecule has 1 saturated heterocycles. The van der Waals surface area contributed by atoms with Crippen LogP contribution in [0.15, 0.2) is 41.4 Å². The molecule has 29 heavy (non-hydrogen) atoms. The molecule has 1 atom stereocenters. The highest BCUT2D eigenvalue weighted by atomic mass is 32.2. The topological polar surface area (TPSA) is 71.5 Å². The highest BCUT2D eigenvalue weighted by molar-refractivity contribution is 7.89. The van der Waals surface area contributed by atoms with Crippen molar-refractivity contribution in [3.63, 3.8) is 0 Å². The number of alkyl halides is 3. The maximum atomic E-state index is 12.7. The molecule has 0 spiro atoms. The van der Waals surface area contributed by atoms with E-state index in [4.69, 9.17) is 4.74 Å². The predicted molar refractivity (Wildman–Crippen MR) is 103 cm³/mol. The summed E-state index contributed by atoms with van der Waals surface area (Å²) in [5, 5.41) is 0. The molecule has 6 nitrogen and oxygen atoms in total. The van der Waals surface area contributed by atoms with Gasteiger partial charge in [0.15, 0.2) is 0 Å². The van der Waals surface area contributed by atoms with Crippen LogP contribution in [0, 0.1) is 6.92 Å². The molecule has 1 aliphatic heterocycles. The number of aryl methyl sites for hydroxylation is 1. The van der Waals surface area contributed by atoms with E-state index in [1.54, 1.807) is 24.0 Å². The zero-order chi connectivity index (χ0) is 21.2. The SMILES string of the molecule is CCOc1ccc(S(=O)(=O)NC2CCN(c3ccc(C(F)(F)F)cn3)C2)cc1C. The molecule has 10 heteroatoms. The average Bonchev–Trinajstić information content (AvgIpc) is 3.10. The fourth-order valence-corrected chi connectivity index (χ4v) is 4.55. The molecule has 1 aromatic heterocycles. The number of anilines is 1. The van der Waals surface area contributed by atoms with Gasteiger partial charge in [-0.1, -0.05) is 0 Å². The van der Waals surface area contributed by atoms with E-state index in [1.807, 2.05) is 6.92 Å². The Hall–Kier alpha value is -2.33. The molecule has 3 rings (SSSR count). The number of aromatic nitrogens is 1. The van der Waals surface area contributed by atoms with Crippen LogP contribution in [-0.4, -0.2) is 39.1 Å². The number of hydrogen-bond donors (Lipinski definition) is 1. The summed E-state index contributed by atoms with van der Waals surface area (Å²) in [5.74, 6) is 1.02. The Morgan fingerprint density at radius 1 is 1.28 bits per heavy atom. The van der Waals surface area contributed by atoms with Crippen LogP contribution in [0.5, 0.6) is 5.75 Å². The van der Waals surface area contributed by atoms with Gasteiger partial charge in [-0.15, -0.1) is 0 Å². The van der Waals surface area contributed by atoms with Crippen LogP contribution < -0.4 is 14.4 Å². The monoisotopic (exact) mass is 429 g/mol. The number of halogens is 3. The minimum atomic E-state index is -4.44. The van der Waals surface area contributed by atoms with Gasteiger partial charge in [-0.2, -0.15) is 13.2 Å². The van der Waals surface area contributed by atoms with Crippen molar-refractivity contribution in [3.05, 3.63) is 47.7 Å². The van der Waals surface area contributed by atoms with Gasteiger partial charge < -0.3 is 9.64 Å². The first-order valence-electron chi connectivity index (χ1n) is 9.14. The molecule has 0 amide bonds. The van der Waals surface area contributed by atoms with Gasteiger partial charge in [-0.3, -0.25) is 0 Å². The van der Waals surface area contributed by atoms with Gasteiger partial charge in [0.2, 0.25) is 10.0 Å². The molecule has 0 saturated carbocycles. The van der Waals surface area contributed by atoms with Crippen LogP contribution in [0.4, 0.5) is 19.0 Å². The Morgan fingerprint density at radius 3 is 2.62 bits per heavy atom. The molecular weight excluding hydrogens is 407 g/mol. The third kappa shape index (κ3) is 4.99. The molecule has 1 unspecified atom stereocenters. The van der Waals surface area contributed by atoms with E-state index in [9.17, 15) is 21.6 Å². The molecule has 2 heterocycles. The Morgan fingerprint density at radius 2 is 2.03 bits per heavy atom. The van der Waals surface area contributed by atoms with E-state index in [2.05, 4.69) is 9.71 Å². The summed E-state index contributed by atoms with van der Waals surface area (Å²) in [5.41, 5.74) is -0.0969. The Bertz CT molecular complexity index is 963. The summed E-state index contributed by atoms with van der Waals surface area (Å²) in [4.78, 5) is 5.77. The summed E-state index contributed by atoms with van der Waals surface area (Å²) in [6.07, 6.45) is -3.13. The van der Waals surface area contributed by atoms with Gasteiger partial charge in [-0.05, 0) is 56.2 Å². The van der Waals surface area contributed by atoms with Crippen molar-refractivity contribution >= 4 is 15.8 Å². The van der Waals surface area contributed by atoms with Gasteiger partial charge in [0.25, 0.3) is 0 Å². The molecule has 1 N–H and O–H groups in total. The maximum absolute atomic E-state index is 12.7. The Kier molecular flexibility index (Phi) is 6.04. The first-order chi connectivity index (χ1) is 13.6. The summed E-state index contributed by atoms with van der Waals surface area (Å²) in [6.45, 7) is 4.93. The Balaban J connectivity index is 1.66. The van der Waals surface area contributed by atoms with Crippen molar-refractivity contribution in [2.24, 2.45) is 0 Å². The van der Waals surface area contributed by atoms with Gasteiger partial charge in [0.05, 0.1) is 17.1 Å². The van der Waals surface area contributed by atoms with Gasteiger partial charge in [0.1, 0.15) is 11.6 Å². The zero-order valence-corrected chi connectivity index (χ0v) is 16.8. The van der Waals surface area contributed by atoms with E-state index in [0.717, 1.165) is 17.8 Å². The largest absolute Gasteiger partial charge is 0.494 e. The van der Waals surface area contributed by atoms with Crippen molar-refractivity contribution < 1.29 is 26.3 Å². The fourth-order valence-electron chi connectivity index (χ4n) is 3.20. The van der Waals surface area contributed by atoms with Crippen LogP contribution in [-0.2, 0) is 16.2 Å². The lowest BCUT2D eigenvalue weighted by molar-refractivity contribution is -0.137. The third-order valence-electron chi connectivity index (χ3n) is 4.67. The smallest absolute Gasteiger partial charge is 0.417 e. The average molecular weight is 429 g/mol. The quantitative estimate of drug-likeness (QED) is 0.763. The normalized spacial score (nSPS) is 17.6. The molecule has 0 radical (unpaired) electrons. The molecule has 1 fully saturated rings. The Labute approximate surface area is 167 Å². The predicted octanol–water partition coefficient (Wildman–Crippen LogP) is 3.36. The number of hydrogen-bond acceptors (Lipinski definition) is 5. The molecule has 1 aromatic carbocycles. The van der Waals surface area contributed by atoms with Crippen molar-refractivity contribution in [3.8, 4) is 5.75 Å². The summed E-state index contributed by atoms with van der Waals surface area (Å²) in [7, 11) is -3.73. The second kappa shape index (κ2) is 8.19. The van der Waals surface area contributed by atoms with E-state index in [0.29, 0.717) is 37.7 Å². The molecule has 158 valence electrons. The molecule has 1 aliphatic rings.